The van der Waals surface area contributed by atoms with Crippen molar-refractivity contribution in [2.45, 2.75) is 0 Å². The summed E-state index contributed by atoms with van der Waals surface area (Å²) in [6.45, 7) is 0. The molecule has 0 radical (unpaired) electrons. The van der Waals surface area contributed by atoms with Gasteiger partial charge in [0, 0.05) is 6.20 Å². The summed E-state index contributed by atoms with van der Waals surface area (Å²) in [5, 5.41) is 0. The summed E-state index contributed by atoms with van der Waals surface area (Å²) < 4.78 is 20.9. The van der Waals surface area contributed by atoms with Crippen molar-refractivity contribution < 1.29 is 8.42 Å². The fourth-order valence-corrected chi connectivity index (χ4v) is 1.08. The van der Waals surface area contributed by atoms with Crippen LogP contribution < -0.4 is 10.3 Å². The molecule has 0 fully saturated rings. The molecule has 0 unspecified atom stereocenters. The number of sulfonamides is 1. The standard InChI is InChI=1S/C3H6N2O2S/c6-8(7)3-1-2-4-5-8/h1-2,4-5H,3H2. The smallest absolute Gasteiger partial charge is 0.231 e. The first-order valence-electron chi connectivity index (χ1n) is 2.11. The highest BCUT2D eigenvalue weighted by Gasteiger charge is 2.07. The van der Waals surface area contributed by atoms with Crippen LogP contribution >= 0.6 is 0 Å². The van der Waals surface area contributed by atoms with Gasteiger partial charge in [-0.2, -0.15) is 0 Å². The predicted octanol–water partition coefficient (Wildman–Crippen LogP) is -1.06. The molecule has 0 amide bonds. The molecule has 1 aliphatic heterocycles. The minimum absolute atomic E-state index is 0.0694. The Morgan fingerprint density at radius 2 is 2.25 bits per heavy atom. The van der Waals surface area contributed by atoms with Crippen LogP contribution in [0.5, 0.6) is 0 Å². The van der Waals surface area contributed by atoms with E-state index in [1.807, 2.05) is 0 Å². The lowest BCUT2D eigenvalue weighted by molar-refractivity contribution is 0.574. The molecule has 0 saturated carbocycles. The van der Waals surface area contributed by atoms with E-state index < -0.39 is 10.0 Å². The Labute approximate surface area is 47.6 Å². The van der Waals surface area contributed by atoms with Crippen molar-refractivity contribution in [2.24, 2.45) is 0 Å². The highest BCUT2D eigenvalue weighted by atomic mass is 32.2. The summed E-state index contributed by atoms with van der Waals surface area (Å²) in [6.07, 6.45) is 3.08. The SMILES string of the molecule is O=S1(=O)CC=CNN1. The lowest BCUT2D eigenvalue weighted by atomic mass is 10.7. The number of rotatable bonds is 0. The van der Waals surface area contributed by atoms with Crippen LogP contribution in [0.2, 0.25) is 0 Å². The van der Waals surface area contributed by atoms with Crippen molar-refractivity contribution in [2.75, 3.05) is 5.75 Å². The van der Waals surface area contributed by atoms with Crippen LogP contribution in [0.25, 0.3) is 0 Å². The lowest BCUT2D eigenvalue weighted by Gasteiger charge is -2.06. The fourth-order valence-electron chi connectivity index (χ4n) is 0.399. The summed E-state index contributed by atoms with van der Waals surface area (Å²) >= 11 is 0. The quantitative estimate of drug-likeness (QED) is 0.444. The van der Waals surface area contributed by atoms with Gasteiger partial charge in [-0.25, -0.2) is 8.42 Å². The zero-order valence-corrected chi connectivity index (χ0v) is 4.90. The summed E-state index contributed by atoms with van der Waals surface area (Å²) in [6, 6.07) is 0. The number of hydrogen-bond acceptors (Lipinski definition) is 3. The molecule has 0 aromatic heterocycles. The van der Waals surface area contributed by atoms with Gasteiger partial charge in [0.15, 0.2) is 0 Å². The second-order valence-electron chi connectivity index (χ2n) is 1.43. The zero-order chi connectivity index (χ0) is 6.04. The van der Waals surface area contributed by atoms with Crippen LogP contribution in [0.3, 0.4) is 0 Å². The second-order valence-corrected chi connectivity index (χ2v) is 3.20. The van der Waals surface area contributed by atoms with Crippen molar-refractivity contribution in [3.63, 3.8) is 0 Å². The molecule has 8 heavy (non-hydrogen) atoms. The van der Waals surface area contributed by atoms with Crippen molar-refractivity contribution in [1.82, 2.24) is 10.3 Å². The van der Waals surface area contributed by atoms with Crippen LogP contribution in [-0.4, -0.2) is 14.2 Å². The van der Waals surface area contributed by atoms with Gasteiger partial charge in [-0.1, -0.05) is 6.08 Å². The number of nitrogens with one attached hydrogen (secondary N) is 2. The van der Waals surface area contributed by atoms with E-state index in [4.69, 9.17) is 0 Å². The molecule has 5 heteroatoms. The van der Waals surface area contributed by atoms with E-state index in [9.17, 15) is 8.42 Å². The van der Waals surface area contributed by atoms with Gasteiger partial charge >= 0.3 is 0 Å². The van der Waals surface area contributed by atoms with Crippen LogP contribution in [0.15, 0.2) is 12.3 Å². The minimum atomic E-state index is -3.03. The van der Waals surface area contributed by atoms with Gasteiger partial charge in [0.05, 0.1) is 5.75 Å². The summed E-state index contributed by atoms with van der Waals surface area (Å²) in [5.41, 5.74) is 2.36. The highest BCUT2D eigenvalue weighted by molar-refractivity contribution is 7.89. The molecule has 0 spiro atoms. The average Bonchev–Trinajstić information content (AvgIpc) is 1.65. The van der Waals surface area contributed by atoms with Gasteiger partial charge in [-0.15, -0.1) is 4.83 Å². The Hall–Kier alpha value is -0.550. The van der Waals surface area contributed by atoms with E-state index in [1.54, 1.807) is 6.20 Å². The lowest BCUT2D eigenvalue weighted by Crippen LogP contribution is -2.37. The fraction of sp³-hybridized carbons (Fsp3) is 0.333. The van der Waals surface area contributed by atoms with Crippen LogP contribution in [0.4, 0.5) is 0 Å². The average molecular weight is 134 g/mol. The van der Waals surface area contributed by atoms with E-state index in [0.717, 1.165) is 0 Å². The van der Waals surface area contributed by atoms with Gasteiger partial charge in [-0.3, -0.25) is 0 Å². The van der Waals surface area contributed by atoms with Crippen molar-refractivity contribution in [1.29, 1.82) is 0 Å². The highest BCUT2D eigenvalue weighted by Crippen LogP contribution is 1.86. The summed E-state index contributed by atoms with van der Waals surface area (Å²) in [4.78, 5) is 2.09. The molecule has 4 nitrogen and oxygen atoms in total. The summed E-state index contributed by atoms with van der Waals surface area (Å²) in [7, 11) is -3.03. The topological polar surface area (TPSA) is 58.2 Å². The summed E-state index contributed by atoms with van der Waals surface area (Å²) in [5.74, 6) is 0.0694. The molecule has 0 bridgehead atoms. The first-order valence-corrected chi connectivity index (χ1v) is 3.76. The second kappa shape index (κ2) is 1.75. The van der Waals surface area contributed by atoms with E-state index in [2.05, 4.69) is 10.3 Å². The van der Waals surface area contributed by atoms with E-state index in [0.29, 0.717) is 0 Å². The predicted molar refractivity (Wildman–Crippen MR) is 29.2 cm³/mol. The van der Waals surface area contributed by atoms with E-state index >= 15 is 0 Å². The molecule has 1 rings (SSSR count). The molecular weight excluding hydrogens is 128 g/mol. The largest absolute Gasteiger partial charge is 0.316 e. The Kier molecular flexibility index (Phi) is 1.22. The van der Waals surface area contributed by atoms with Crippen LogP contribution in [0, 0.1) is 0 Å². The monoisotopic (exact) mass is 134 g/mol. The first kappa shape index (κ1) is 5.58. The first-order chi connectivity index (χ1) is 3.71. The molecule has 1 heterocycles. The van der Waals surface area contributed by atoms with Crippen molar-refractivity contribution >= 4 is 10.0 Å². The normalized spacial score (nSPS) is 24.5. The van der Waals surface area contributed by atoms with Crippen molar-refractivity contribution in [3.05, 3.63) is 12.3 Å². The molecule has 1 aliphatic rings. The third-order valence-corrected chi connectivity index (χ3v) is 1.79. The Morgan fingerprint density at radius 3 is 2.50 bits per heavy atom. The Morgan fingerprint density at radius 1 is 1.50 bits per heavy atom. The number of hydrogen-bond donors (Lipinski definition) is 2. The Balaban J connectivity index is 2.79. The molecule has 0 aromatic rings. The number of hydrazine groups is 1. The van der Waals surface area contributed by atoms with E-state index in [-0.39, 0.29) is 5.75 Å². The minimum Gasteiger partial charge on any atom is -0.316 e. The van der Waals surface area contributed by atoms with Gasteiger partial charge < -0.3 is 5.43 Å². The van der Waals surface area contributed by atoms with Gasteiger partial charge in [-0.05, 0) is 0 Å². The molecule has 2 N–H and O–H groups in total. The maximum atomic E-state index is 10.4. The molecule has 0 aliphatic carbocycles. The Bertz CT molecular complexity index is 193. The molecule has 0 saturated heterocycles. The van der Waals surface area contributed by atoms with Crippen molar-refractivity contribution in [3.8, 4) is 0 Å². The van der Waals surface area contributed by atoms with Gasteiger partial charge in [0.1, 0.15) is 0 Å². The van der Waals surface area contributed by atoms with E-state index in [1.165, 1.54) is 6.08 Å². The zero-order valence-electron chi connectivity index (χ0n) is 4.09. The third kappa shape index (κ3) is 1.21. The van der Waals surface area contributed by atoms with Crippen LogP contribution in [0.1, 0.15) is 0 Å². The van der Waals surface area contributed by atoms with Gasteiger partial charge in [0.2, 0.25) is 10.0 Å². The maximum Gasteiger partial charge on any atom is 0.231 e. The third-order valence-electron chi connectivity index (χ3n) is 0.731. The molecule has 0 aromatic carbocycles. The molecule has 0 atom stereocenters. The maximum absolute atomic E-state index is 10.4. The molecular formula is C3H6N2O2S. The van der Waals surface area contributed by atoms with Crippen LogP contribution in [-0.2, 0) is 10.0 Å². The van der Waals surface area contributed by atoms with Gasteiger partial charge in [0.25, 0.3) is 0 Å². The molecule has 46 valence electrons.